The monoisotopic (exact) mass is 407 g/mol. The standard InChI is InChI=1S/C16H14BrN3O5/c1-9-18-19-13(25-9)8-24-14(21)3-2-6-20-15(22)11-5-4-10(17)7-12(11)16(20)23/h4-5,7H,2-3,6,8H2,1H3. The van der Waals surface area contributed by atoms with Crippen molar-refractivity contribution in [2.45, 2.75) is 26.4 Å². The van der Waals surface area contributed by atoms with E-state index >= 15 is 0 Å². The number of hydrogen-bond donors (Lipinski definition) is 0. The predicted octanol–water partition coefficient (Wildman–Crippen LogP) is 2.26. The van der Waals surface area contributed by atoms with Crippen LogP contribution in [0.5, 0.6) is 0 Å². The number of halogens is 1. The van der Waals surface area contributed by atoms with E-state index in [1.165, 1.54) is 0 Å². The van der Waals surface area contributed by atoms with Gasteiger partial charge in [-0.25, -0.2) is 0 Å². The van der Waals surface area contributed by atoms with Crippen molar-refractivity contribution in [1.29, 1.82) is 0 Å². The molecule has 0 N–H and O–H groups in total. The van der Waals surface area contributed by atoms with Crippen LogP contribution in [0.2, 0.25) is 0 Å². The Kier molecular flexibility index (Phi) is 4.93. The SMILES string of the molecule is Cc1nnc(COC(=O)CCCN2C(=O)c3ccc(Br)cc3C2=O)o1. The van der Waals surface area contributed by atoms with E-state index in [0.29, 0.717) is 23.4 Å². The van der Waals surface area contributed by atoms with Crippen molar-refractivity contribution in [3.8, 4) is 0 Å². The highest BCUT2D eigenvalue weighted by atomic mass is 79.9. The molecule has 2 heterocycles. The number of aromatic nitrogens is 2. The van der Waals surface area contributed by atoms with Gasteiger partial charge >= 0.3 is 5.97 Å². The number of carbonyl (C=O) groups excluding carboxylic acids is 3. The topological polar surface area (TPSA) is 103 Å². The molecule has 2 aromatic rings. The fraction of sp³-hybridized carbons (Fsp3) is 0.312. The van der Waals surface area contributed by atoms with Gasteiger partial charge in [0, 0.05) is 24.4 Å². The highest BCUT2D eigenvalue weighted by Crippen LogP contribution is 2.26. The highest BCUT2D eigenvalue weighted by Gasteiger charge is 2.35. The number of amides is 2. The first-order valence-corrected chi connectivity index (χ1v) is 8.35. The van der Waals surface area contributed by atoms with Crippen LogP contribution in [0.25, 0.3) is 0 Å². The van der Waals surface area contributed by atoms with Crippen LogP contribution in [0, 0.1) is 6.92 Å². The second-order valence-electron chi connectivity index (χ2n) is 5.43. The molecular formula is C16H14BrN3O5. The molecule has 130 valence electrons. The molecule has 1 aromatic heterocycles. The Morgan fingerprint density at radius 2 is 2.00 bits per heavy atom. The van der Waals surface area contributed by atoms with Crippen molar-refractivity contribution in [2.75, 3.05) is 6.54 Å². The number of aryl methyl sites for hydroxylation is 1. The quantitative estimate of drug-likeness (QED) is 0.534. The zero-order chi connectivity index (χ0) is 18.0. The van der Waals surface area contributed by atoms with Crippen LogP contribution < -0.4 is 0 Å². The van der Waals surface area contributed by atoms with E-state index in [4.69, 9.17) is 9.15 Å². The van der Waals surface area contributed by atoms with Crippen LogP contribution >= 0.6 is 15.9 Å². The molecule has 3 rings (SSSR count). The molecule has 0 fully saturated rings. The lowest BCUT2D eigenvalue weighted by Crippen LogP contribution is -2.31. The summed E-state index contributed by atoms with van der Waals surface area (Å²) in [6.45, 7) is 1.69. The zero-order valence-electron chi connectivity index (χ0n) is 13.3. The molecule has 1 aromatic carbocycles. The summed E-state index contributed by atoms with van der Waals surface area (Å²) in [6, 6.07) is 4.95. The van der Waals surface area contributed by atoms with E-state index < -0.39 is 5.97 Å². The predicted molar refractivity (Wildman–Crippen MR) is 87.6 cm³/mol. The van der Waals surface area contributed by atoms with E-state index in [-0.39, 0.29) is 37.3 Å². The van der Waals surface area contributed by atoms with E-state index in [1.54, 1.807) is 25.1 Å². The summed E-state index contributed by atoms with van der Waals surface area (Å²) in [4.78, 5) is 37.4. The van der Waals surface area contributed by atoms with Crippen molar-refractivity contribution in [3.63, 3.8) is 0 Å². The fourth-order valence-electron chi connectivity index (χ4n) is 2.46. The van der Waals surface area contributed by atoms with Crippen molar-refractivity contribution in [3.05, 3.63) is 45.6 Å². The second kappa shape index (κ2) is 7.14. The van der Waals surface area contributed by atoms with Crippen molar-refractivity contribution in [1.82, 2.24) is 15.1 Å². The van der Waals surface area contributed by atoms with Gasteiger partial charge in [-0.05, 0) is 24.6 Å². The fourth-order valence-corrected chi connectivity index (χ4v) is 2.82. The summed E-state index contributed by atoms with van der Waals surface area (Å²) in [5.74, 6) is -0.548. The van der Waals surface area contributed by atoms with Gasteiger partial charge in [-0.1, -0.05) is 15.9 Å². The number of benzene rings is 1. The average molecular weight is 408 g/mol. The van der Waals surface area contributed by atoms with Gasteiger partial charge in [-0.2, -0.15) is 0 Å². The van der Waals surface area contributed by atoms with E-state index in [1.807, 2.05) is 0 Å². The van der Waals surface area contributed by atoms with Gasteiger partial charge in [0.25, 0.3) is 17.7 Å². The van der Waals surface area contributed by atoms with Crippen molar-refractivity contribution >= 4 is 33.7 Å². The van der Waals surface area contributed by atoms with Crippen LogP contribution in [0.3, 0.4) is 0 Å². The molecule has 0 unspecified atom stereocenters. The minimum Gasteiger partial charge on any atom is -0.456 e. The number of nitrogens with zero attached hydrogens (tertiary/aromatic N) is 3. The van der Waals surface area contributed by atoms with Gasteiger partial charge in [0.05, 0.1) is 11.1 Å². The van der Waals surface area contributed by atoms with Gasteiger partial charge in [0.2, 0.25) is 5.89 Å². The molecule has 1 aliphatic heterocycles. The minimum absolute atomic E-state index is 0.0736. The number of carbonyl (C=O) groups is 3. The third-order valence-electron chi connectivity index (χ3n) is 3.62. The van der Waals surface area contributed by atoms with Gasteiger partial charge in [0.1, 0.15) is 0 Å². The summed E-state index contributed by atoms with van der Waals surface area (Å²) in [5, 5.41) is 7.34. The smallest absolute Gasteiger partial charge is 0.306 e. The maximum atomic E-state index is 12.3. The van der Waals surface area contributed by atoms with Gasteiger partial charge in [0.15, 0.2) is 6.61 Å². The number of rotatable bonds is 6. The Morgan fingerprint density at radius 3 is 2.72 bits per heavy atom. The molecule has 0 aliphatic carbocycles. The summed E-state index contributed by atoms with van der Waals surface area (Å²) < 4.78 is 10.8. The van der Waals surface area contributed by atoms with Gasteiger partial charge < -0.3 is 9.15 Å². The first-order valence-electron chi connectivity index (χ1n) is 7.56. The Balaban J connectivity index is 1.48. The van der Waals surface area contributed by atoms with E-state index in [2.05, 4.69) is 26.1 Å². The molecule has 0 spiro atoms. The molecule has 0 saturated carbocycles. The molecule has 8 nitrogen and oxygen atoms in total. The maximum Gasteiger partial charge on any atom is 0.306 e. The molecular weight excluding hydrogens is 394 g/mol. The van der Waals surface area contributed by atoms with Crippen molar-refractivity contribution in [2.24, 2.45) is 0 Å². The Bertz CT molecular complexity index is 848. The third kappa shape index (κ3) is 3.76. The van der Waals surface area contributed by atoms with Crippen LogP contribution in [-0.4, -0.2) is 39.4 Å². The van der Waals surface area contributed by atoms with E-state index in [9.17, 15) is 14.4 Å². The molecule has 25 heavy (non-hydrogen) atoms. The zero-order valence-corrected chi connectivity index (χ0v) is 14.9. The summed E-state index contributed by atoms with van der Waals surface area (Å²) in [5.41, 5.74) is 0.747. The highest BCUT2D eigenvalue weighted by molar-refractivity contribution is 9.10. The largest absolute Gasteiger partial charge is 0.456 e. The van der Waals surface area contributed by atoms with Crippen LogP contribution in [0.1, 0.15) is 45.3 Å². The molecule has 0 atom stereocenters. The van der Waals surface area contributed by atoms with Gasteiger partial charge in [-0.15, -0.1) is 10.2 Å². The first kappa shape index (κ1) is 17.3. The first-order chi connectivity index (χ1) is 12.0. The van der Waals surface area contributed by atoms with Crippen molar-refractivity contribution < 1.29 is 23.5 Å². The maximum absolute atomic E-state index is 12.3. The number of esters is 1. The molecule has 2 amide bonds. The Hall–Kier alpha value is -2.55. The lowest BCUT2D eigenvalue weighted by molar-refractivity contribution is -0.145. The molecule has 0 bridgehead atoms. The molecule has 0 saturated heterocycles. The molecule has 9 heteroatoms. The lowest BCUT2D eigenvalue weighted by Gasteiger charge is -2.13. The number of ether oxygens (including phenoxy) is 1. The molecule has 0 radical (unpaired) electrons. The molecule has 1 aliphatic rings. The minimum atomic E-state index is -0.463. The summed E-state index contributed by atoms with van der Waals surface area (Å²) in [7, 11) is 0. The lowest BCUT2D eigenvalue weighted by atomic mass is 10.1. The number of hydrogen-bond acceptors (Lipinski definition) is 7. The summed E-state index contributed by atoms with van der Waals surface area (Å²) in [6.07, 6.45) is 0.387. The second-order valence-corrected chi connectivity index (χ2v) is 6.35. The number of imide groups is 1. The van der Waals surface area contributed by atoms with Gasteiger partial charge in [-0.3, -0.25) is 19.3 Å². The van der Waals surface area contributed by atoms with Crippen LogP contribution in [0.4, 0.5) is 0 Å². The average Bonchev–Trinajstić information content (AvgIpc) is 3.09. The van der Waals surface area contributed by atoms with E-state index in [0.717, 1.165) is 9.37 Å². The van der Waals surface area contributed by atoms with Crippen LogP contribution in [-0.2, 0) is 16.1 Å². The third-order valence-corrected chi connectivity index (χ3v) is 4.11. The Morgan fingerprint density at radius 1 is 1.24 bits per heavy atom. The number of fused-ring (bicyclic) bond motifs is 1. The summed E-state index contributed by atoms with van der Waals surface area (Å²) >= 11 is 3.28. The Labute approximate surface area is 151 Å². The normalized spacial score (nSPS) is 13.3. The van der Waals surface area contributed by atoms with Crippen LogP contribution in [0.15, 0.2) is 27.1 Å².